The topological polar surface area (TPSA) is 72.5 Å². The number of rotatable bonds is 9. The SMILES string of the molecule is CC(=O)c1cccc(S(=O)(=O)NCCCOC(C)c2ccccc2)c1. The Bertz CT molecular complexity index is 803. The summed E-state index contributed by atoms with van der Waals surface area (Å²) in [7, 11) is -3.63. The first kappa shape index (κ1) is 19.3. The Morgan fingerprint density at radius 3 is 2.52 bits per heavy atom. The van der Waals surface area contributed by atoms with Crippen molar-refractivity contribution in [1.82, 2.24) is 4.72 Å². The van der Waals surface area contributed by atoms with Gasteiger partial charge in [-0.15, -0.1) is 0 Å². The van der Waals surface area contributed by atoms with E-state index in [1.165, 1.54) is 19.1 Å². The Hall–Kier alpha value is -2.02. The molecule has 1 unspecified atom stereocenters. The highest BCUT2D eigenvalue weighted by Gasteiger charge is 2.14. The zero-order chi connectivity index (χ0) is 18.3. The fraction of sp³-hybridized carbons (Fsp3) is 0.316. The monoisotopic (exact) mass is 361 g/mol. The number of hydrogen-bond donors (Lipinski definition) is 1. The number of carbonyl (C=O) groups excluding carboxylic acids is 1. The zero-order valence-corrected chi connectivity index (χ0v) is 15.3. The van der Waals surface area contributed by atoms with Gasteiger partial charge in [0.2, 0.25) is 10.0 Å². The van der Waals surface area contributed by atoms with Gasteiger partial charge in [0.1, 0.15) is 0 Å². The molecule has 0 aromatic heterocycles. The molecular formula is C19H23NO4S. The molecule has 6 heteroatoms. The van der Waals surface area contributed by atoms with E-state index in [2.05, 4.69) is 4.72 Å². The van der Waals surface area contributed by atoms with Gasteiger partial charge in [-0.1, -0.05) is 42.5 Å². The van der Waals surface area contributed by atoms with Crippen molar-refractivity contribution in [3.8, 4) is 0 Å². The Balaban J connectivity index is 1.81. The molecule has 0 saturated carbocycles. The number of carbonyl (C=O) groups is 1. The van der Waals surface area contributed by atoms with E-state index in [1.807, 2.05) is 37.3 Å². The first-order chi connectivity index (χ1) is 11.9. The first-order valence-electron chi connectivity index (χ1n) is 8.17. The molecule has 0 heterocycles. The van der Waals surface area contributed by atoms with Crippen LogP contribution in [0.4, 0.5) is 0 Å². The van der Waals surface area contributed by atoms with Crippen LogP contribution in [0.2, 0.25) is 0 Å². The number of hydrogen-bond acceptors (Lipinski definition) is 4. The van der Waals surface area contributed by atoms with Gasteiger partial charge in [-0.05, 0) is 38.0 Å². The maximum absolute atomic E-state index is 12.3. The van der Waals surface area contributed by atoms with Crippen molar-refractivity contribution in [2.24, 2.45) is 0 Å². The molecule has 0 aliphatic heterocycles. The second kappa shape index (κ2) is 8.89. The van der Waals surface area contributed by atoms with Crippen LogP contribution in [0.25, 0.3) is 0 Å². The molecule has 2 rings (SSSR count). The van der Waals surface area contributed by atoms with Gasteiger partial charge in [-0.2, -0.15) is 0 Å². The summed E-state index contributed by atoms with van der Waals surface area (Å²) >= 11 is 0. The van der Waals surface area contributed by atoms with Gasteiger partial charge < -0.3 is 4.74 Å². The van der Waals surface area contributed by atoms with E-state index >= 15 is 0 Å². The number of benzene rings is 2. The van der Waals surface area contributed by atoms with E-state index < -0.39 is 10.0 Å². The number of ketones is 1. The minimum Gasteiger partial charge on any atom is -0.374 e. The Labute approximate surface area is 149 Å². The normalized spacial score (nSPS) is 12.7. The summed E-state index contributed by atoms with van der Waals surface area (Å²) < 4.78 is 32.8. The fourth-order valence-corrected chi connectivity index (χ4v) is 3.44. The van der Waals surface area contributed by atoms with Crippen LogP contribution in [0.15, 0.2) is 59.5 Å². The van der Waals surface area contributed by atoms with Gasteiger partial charge >= 0.3 is 0 Å². The van der Waals surface area contributed by atoms with Crippen molar-refractivity contribution in [2.45, 2.75) is 31.3 Å². The molecule has 0 fully saturated rings. The van der Waals surface area contributed by atoms with Gasteiger partial charge in [0.15, 0.2) is 5.78 Å². The summed E-state index contributed by atoms with van der Waals surface area (Å²) in [6.45, 7) is 4.09. The lowest BCUT2D eigenvalue weighted by Crippen LogP contribution is -2.25. The van der Waals surface area contributed by atoms with E-state index in [1.54, 1.807) is 12.1 Å². The molecule has 0 bridgehead atoms. The Morgan fingerprint density at radius 2 is 1.84 bits per heavy atom. The van der Waals surface area contributed by atoms with Crippen LogP contribution < -0.4 is 4.72 Å². The van der Waals surface area contributed by atoms with Gasteiger partial charge in [-0.25, -0.2) is 13.1 Å². The molecular weight excluding hydrogens is 338 g/mol. The third-order valence-electron chi connectivity index (χ3n) is 3.80. The lowest BCUT2D eigenvalue weighted by molar-refractivity contribution is 0.0647. The molecule has 1 N–H and O–H groups in total. The predicted octanol–water partition coefficient (Wildman–Crippen LogP) is 3.34. The van der Waals surface area contributed by atoms with Crippen molar-refractivity contribution < 1.29 is 17.9 Å². The van der Waals surface area contributed by atoms with Gasteiger partial charge in [0, 0.05) is 18.7 Å². The van der Waals surface area contributed by atoms with E-state index in [0.717, 1.165) is 5.56 Å². The zero-order valence-electron chi connectivity index (χ0n) is 14.4. The third kappa shape index (κ3) is 5.77. The second-order valence-corrected chi connectivity index (χ2v) is 7.53. The summed E-state index contributed by atoms with van der Waals surface area (Å²) in [6, 6.07) is 15.9. The largest absolute Gasteiger partial charge is 0.374 e. The molecule has 25 heavy (non-hydrogen) atoms. The van der Waals surface area contributed by atoms with Gasteiger partial charge in [-0.3, -0.25) is 4.79 Å². The minimum absolute atomic E-state index is 0.0370. The second-order valence-electron chi connectivity index (χ2n) is 5.76. The lowest BCUT2D eigenvalue weighted by atomic mass is 10.1. The van der Waals surface area contributed by atoms with Crippen molar-refractivity contribution in [3.63, 3.8) is 0 Å². The summed E-state index contributed by atoms with van der Waals surface area (Å²) in [5, 5.41) is 0. The maximum atomic E-state index is 12.3. The van der Waals surface area contributed by atoms with Gasteiger partial charge in [0.25, 0.3) is 0 Å². The molecule has 0 spiro atoms. The van der Waals surface area contributed by atoms with Crippen LogP contribution in [0, 0.1) is 0 Å². The Morgan fingerprint density at radius 1 is 1.12 bits per heavy atom. The van der Waals surface area contributed by atoms with Crippen LogP contribution >= 0.6 is 0 Å². The molecule has 0 aliphatic carbocycles. The van der Waals surface area contributed by atoms with E-state index in [0.29, 0.717) is 18.6 Å². The van der Waals surface area contributed by atoms with Crippen LogP contribution in [-0.2, 0) is 14.8 Å². The lowest BCUT2D eigenvalue weighted by Gasteiger charge is -2.13. The number of ether oxygens (including phenoxy) is 1. The smallest absolute Gasteiger partial charge is 0.240 e. The average Bonchev–Trinajstić information content (AvgIpc) is 2.62. The standard InChI is InChI=1S/C19H23NO4S/c1-15(21)18-10-6-11-19(14-18)25(22,23)20-12-7-13-24-16(2)17-8-4-3-5-9-17/h3-6,8-11,14,16,20H,7,12-13H2,1-2H3. The van der Waals surface area contributed by atoms with Crippen LogP contribution in [0.1, 0.15) is 42.3 Å². The highest BCUT2D eigenvalue weighted by atomic mass is 32.2. The van der Waals surface area contributed by atoms with E-state index in [-0.39, 0.29) is 23.3 Å². The van der Waals surface area contributed by atoms with Crippen molar-refractivity contribution >= 4 is 15.8 Å². The van der Waals surface area contributed by atoms with Crippen LogP contribution in [0.3, 0.4) is 0 Å². The molecule has 2 aromatic carbocycles. The molecule has 0 saturated heterocycles. The Kier molecular flexibility index (Phi) is 6.87. The van der Waals surface area contributed by atoms with Crippen molar-refractivity contribution in [2.75, 3.05) is 13.2 Å². The van der Waals surface area contributed by atoms with Crippen molar-refractivity contribution in [3.05, 3.63) is 65.7 Å². The first-order valence-corrected chi connectivity index (χ1v) is 9.65. The number of Topliss-reactive ketones (excluding diaryl/α,β-unsaturated/α-hetero) is 1. The minimum atomic E-state index is -3.63. The molecule has 2 aromatic rings. The maximum Gasteiger partial charge on any atom is 0.240 e. The number of sulfonamides is 1. The molecule has 0 radical (unpaired) electrons. The molecule has 5 nitrogen and oxygen atoms in total. The van der Waals surface area contributed by atoms with Crippen molar-refractivity contribution in [1.29, 1.82) is 0 Å². The molecule has 1 atom stereocenters. The summed E-state index contributed by atoms with van der Waals surface area (Å²) in [4.78, 5) is 11.5. The quantitative estimate of drug-likeness (QED) is 0.549. The predicted molar refractivity (Wildman–Crippen MR) is 97.1 cm³/mol. The highest BCUT2D eigenvalue weighted by molar-refractivity contribution is 7.89. The third-order valence-corrected chi connectivity index (χ3v) is 5.26. The van der Waals surface area contributed by atoms with Crippen LogP contribution in [0.5, 0.6) is 0 Å². The summed E-state index contributed by atoms with van der Waals surface area (Å²) in [6.07, 6.45) is 0.521. The van der Waals surface area contributed by atoms with Gasteiger partial charge in [0.05, 0.1) is 11.0 Å². The van der Waals surface area contributed by atoms with E-state index in [9.17, 15) is 13.2 Å². The highest BCUT2D eigenvalue weighted by Crippen LogP contribution is 2.16. The molecule has 0 aliphatic rings. The average molecular weight is 361 g/mol. The number of nitrogens with one attached hydrogen (secondary N) is 1. The molecule has 134 valence electrons. The fourth-order valence-electron chi connectivity index (χ4n) is 2.32. The summed E-state index contributed by atoms with van der Waals surface area (Å²) in [5.74, 6) is -0.166. The van der Waals surface area contributed by atoms with Crippen LogP contribution in [-0.4, -0.2) is 27.4 Å². The molecule has 0 amide bonds. The summed E-state index contributed by atoms with van der Waals surface area (Å²) in [5.41, 5.74) is 1.46. The van der Waals surface area contributed by atoms with E-state index in [4.69, 9.17) is 4.74 Å².